The first-order valence-corrected chi connectivity index (χ1v) is 19.9. The summed E-state index contributed by atoms with van der Waals surface area (Å²) in [6.07, 6.45) is 17.9. The molecule has 8 atom stereocenters. The Hall–Kier alpha value is -2.58. The highest BCUT2D eigenvalue weighted by Crippen LogP contribution is 2.78. The van der Waals surface area contributed by atoms with Crippen molar-refractivity contribution in [3.05, 3.63) is 59.2 Å². The van der Waals surface area contributed by atoms with E-state index in [0.717, 1.165) is 68.4 Å². The van der Waals surface area contributed by atoms with E-state index in [0.29, 0.717) is 37.8 Å². The Balaban J connectivity index is 1.10. The summed E-state index contributed by atoms with van der Waals surface area (Å²) in [5.74, 6) is -0.175. The highest BCUT2D eigenvalue weighted by Gasteiger charge is 2.74. The Kier molecular flexibility index (Phi) is 7.53. The monoisotopic (exact) mass is 703 g/mol. The number of ether oxygens (including phenoxy) is 1. The second kappa shape index (κ2) is 11.2. The molecule has 51 heavy (non-hydrogen) atoms. The van der Waals surface area contributed by atoms with Crippen LogP contribution in [0, 0.1) is 68.3 Å². The Labute approximate surface area is 301 Å². The van der Waals surface area contributed by atoms with Crippen LogP contribution in [0.25, 0.3) is 0 Å². The van der Waals surface area contributed by atoms with Crippen molar-refractivity contribution in [3.8, 4) is 0 Å². The van der Waals surface area contributed by atoms with Gasteiger partial charge in [-0.1, -0.05) is 32.1 Å². The fourth-order valence-electron chi connectivity index (χ4n) is 15.0. The van der Waals surface area contributed by atoms with Gasteiger partial charge in [0.05, 0.1) is 24.9 Å². The number of hydrogen-bond donors (Lipinski definition) is 2. The Bertz CT molecular complexity index is 1690. The molecule has 0 aromatic heterocycles. The van der Waals surface area contributed by atoms with Crippen molar-refractivity contribution in [1.82, 2.24) is 4.90 Å². The van der Waals surface area contributed by atoms with Gasteiger partial charge in [-0.15, -0.1) is 0 Å². The molecule has 1 aromatic rings. The van der Waals surface area contributed by atoms with E-state index in [1.807, 2.05) is 11.8 Å². The van der Waals surface area contributed by atoms with Gasteiger partial charge in [0.25, 0.3) is 0 Å². The summed E-state index contributed by atoms with van der Waals surface area (Å²) in [4.78, 5) is 30.4. The molecule has 6 nitrogen and oxygen atoms in total. The number of nitrogens with zero attached hydrogens (tertiary/aromatic N) is 1. The maximum atomic E-state index is 14.7. The van der Waals surface area contributed by atoms with E-state index in [1.54, 1.807) is 0 Å². The first-order valence-electron chi connectivity index (χ1n) is 19.9. The summed E-state index contributed by atoms with van der Waals surface area (Å²) < 4.78 is 34.4. The number of fused-ring (bicyclic) bond motifs is 1. The molecule has 0 heterocycles. The normalized spacial score (nSPS) is 47.0. The van der Waals surface area contributed by atoms with Gasteiger partial charge in [-0.25, -0.2) is 13.6 Å². The number of Topliss-reactive ketones (excluding diaryl/α,β-unsaturated/α-hetero) is 1. The van der Waals surface area contributed by atoms with E-state index >= 15 is 0 Å². The van der Waals surface area contributed by atoms with Gasteiger partial charge in [0, 0.05) is 33.9 Å². The SMILES string of the molecule is CCOC(=O)N(CC12CC3CC(CC(C3)C1)C2)CC1(O)CCC2C34C=CC5(C=C3C(=O)c3ccc(F)c(F)c3)CC(O)CCC5(C)C4CCC21C. The number of halogens is 2. The average Bonchev–Trinajstić information content (AvgIpc) is 3.34. The van der Waals surface area contributed by atoms with Crippen molar-refractivity contribution in [2.75, 3.05) is 19.7 Å². The van der Waals surface area contributed by atoms with E-state index in [-0.39, 0.29) is 53.3 Å². The molecule has 1 amide bonds. The fourth-order valence-corrected chi connectivity index (χ4v) is 15.0. The first-order chi connectivity index (χ1) is 24.2. The summed E-state index contributed by atoms with van der Waals surface area (Å²) in [6, 6.07) is 3.41. The summed E-state index contributed by atoms with van der Waals surface area (Å²) in [7, 11) is 0. The molecule has 1 aromatic carbocycles. The maximum Gasteiger partial charge on any atom is 0.409 e. The van der Waals surface area contributed by atoms with Crippen LogP contribution >= 0.6 is 0 Å². The molecule has 2 spiro atoms. The minimum Gasteiger partial charge on any atom is -0.450 e. The third-order valence-corrected chi connectivity index (χ3v) is 16.8. The number of amides is 1. The molecular weight excluding hydrogens is 648 g/mol. The molecule has 10 aliphatic carbocycles. The predicted molar refractivity (Wildman–Crippen MR) is 188 cm³/mol. The third-order valence-electron chi connectivity index (χ3n) is 16.8. The van der Waals surface area contributed by atoms with Crippen LogP contribution in [-0.2, 0) is 4.74 Å². The van der Waals surface area contributed by atoms with E-state index in [2.05, 4.69) is 32.1 Å². The summed E-state index contributed by atoms with van der Waals surface area (Å²) in [5, 5.41) is 24.1. The third kappa shape index (κ3) is 4.63. The topological polar surface area (TPSA) is 87.1 Å². The Morgan fingerprint density at radius 3 is 2.18 bits per heavy atom. The van der Waals surface area contributed by atoms with Crippen LogP contribution in [0.5, 0.6) is 0 Å². The number of rotatable bonds is 7. The Morgan fingerprint density at radius 2 is 1.51 bits per heavy atom. The van der Waals surface area contributed by atoms with Crippen LogP contribution in [0.2, 0.25) is 0 Å². The number of ketones is 1. The van der Waals surface area contributed by atoms with Crippen molar-refractivity contribution in [3.63, 3.8) is 0 Å². The highest BCUT2D eigenvalue weighted by molar-refractivity contribution is 6.10. The van der Waals surface area contributed by atoms with Crippen molar-refractivity contribution < 1.29 is 33.3 Å². The number of aliphatic hydroxyl groups excluding tert-OH is 1. The molecule has 0 aliphatic heterocycles. The van der Waals surface area contributed by atoms with E-state index in [1.165, 1.54) is 25.3 Å². The Morgan fingerprint density at radius 1 is 0.863 bits per heavy atom. The van der Waals surface area contributed by atoms with Gasteiger partial charge in [-0.05, 0) is 149 Å². The van der Waals surface area contributed by atoms with Crippen LogP contribution in [0.15, 0.2) is 42.0 Å². The van der Waals surface area contributed by atoms with Crippen LogP contribution in [-0.4, -0.2) is 58.4 Å². The van der Waals surface area contributed by atoms with E-state index in [4.69, 9.17) is 4.74 Å². The lowest BCUT2D eigenvalue weighted by Gasteiger charge is -2.71. The van der Waals surface area contributed by atoms with Crippen LogP contribution in [0.3, 0.4) is 0 Å². The second-order valence-electron chi connectivity index (χ2n) is 19.2. The van der Waals surface area contributed by atoms with Gasteiger partial charge >= 0.3 is 6.09 Å². The van der Waals surface area contributed by atoms with Gasteiger partial charge in [-0.2, -0.15) is 0 Å². The molecule has 11 rings (SSSR count). The van der Waals surface area contributed by atoms with Gasteiger partial charge in [0.15, 0.2) is 17.4 Å². The zero-order valence-electron chi connectivity index (χ0n) is 30.6. The smallest absolute Gasteiger partial charge is 0.409 e. The summed E-state index contributed by atoms with van der Waals surface area (Å²) in [5.41, 5.74) is -2.50. The summed E-state index contributed by atoms with van der Waals surface area (Å²) in [6.45, 7) is 7.45. The van der Waals surface area contributed by atoms with Gasteiger partial charge in [0.2, 0.25) is 0 Å². The number of hydrogen-bond acceptors (Lipinski definition) is 5. The fraction of sp³-hybridized carbons (Fsp3) is 0.721. The number of carbonyl (C=O) groups is 2. The standard InChI is InChI=1S/C43H55F2NO5/c1-4-51-37(49)46(24-40-19-26-15-27(20-40)17-28(16-26)21-40)25-42(50)12-9-35-39(42,3)11-8-34-38(2)10-7-30(47)22-41(38)13-14-43(34,35)31(23-41)36(48)29-5-6-32(44)33(45)18-29/h5-6,13-14,18,23,26-28,30,34-35,47,50H,4,7-12,15-17,19-22,24-25H2,1-3H3. The maximum absolute atomic E-state index is 14.7. The zero-order valence-corrected chi connectivity index (χ0v) is 30.6. The lowest BCUT2D eigenvalue weighted by molar-refractivity contribution is -0.177. The van der Waals surface area contributed by atoms with Crippen LogP contribution in [0.4, 0.5) is 13.6 Å². The molecule has 6 bridgehead atoms. The zero-order chi connectivity index (χ0) is 35.8. The largest absolute Gasteiger partial charge is 0.450 e. The first kappa shape index (κ1) is 34.2. The number of allylic oxidation sites excluding steroid dienone is 4. The van der Waals surface area contributed by atoms with E-state index < -0.39 is 39.6 Å². The van der Waals surface area contributed by atoms with Gasteiger partial charge in [0.1, 0.15) is 0 Å². The number of carbonyl (C=O) groups excluding carboxylic acids is 2. The molecular formula is C43H55F2NO5. The van der Waals surface area contributed by atoms with Crippen molar-refractivity contribution in [1.29, 1.82) is 0 Å². The average molecular weight is 704 g/mol. The lowest BCUT2D eigenvalue weighted by Crippen LogP contribution is -2.67. The quantitative estimate of drug-likeness (QED) is 0.220. The number of benzene rings is 1. The lowest BCUT2D eigenvalue weighted by atomic mass is 9.32. The summed E-state index contributed by atoms with van der Waals surface area (Å²) >= 11 is 0. The number of aliphatic hydroxyl groups is 2. The molecule has 0 saturated heterocycles. The van der Waals surface area contributed by atoms with Crippen LogP contribution < -0.4 is 0 Å². The van der Waals surface area contributed by atoms with Crippen molar-refractivity contribution >= 4 is 11.9 Å². The molecule has 10 aliphatic rings. The molecule has 2 N–H and O–H groups in total. The molecule has 8 unspecified atom stereocenters. The van der Waals surface area contributed by atoms with Crippen molar-refractivity contribution in [2.24, 2.45) is 56.7 Å². The molecule has 7 saturated carbocycles. The molecule has 276 valence electrons. The van der Waals surface area contributed by atoms with E-state index in [9.17, 15) is 28.6 Å². The molecule has 7 fully saturated rings. The van der Waals surface area contributed by atoms with Crippen LogP contribution in [0.1, 0.15) is 115 Å². The highest BCUT2D eigenvalue weighted by atomic mass is 19.2. The second-order valence-corrected chi connectivity index (χ2v) is 19.2. The van der Waals surface area contributed by atoms with Gasteiger partial charge in [-0.3, -0.25) is 4.79 Å². The van der Waals surface area contributed by atoms with Gasteiger partial charge < -0.3 is 19.8 Å². The molecule has 0 radical (unpaired) electrons. The molecule has 8 heteroatoms. The minimum absolute atomic E-state index is 0.0744. The minimum atomic E-state index is -1.20. The predicted octanol–water partition coefficient (Wildman–Crippen LogP) is 8.41. The van der Waals surface area contributed by atoms with Crippen molar-refractivity contribution in [2.45, 2.75) is 116 Å².